The van der Waals surface area contributed by atoms with Gasteiger partial charge in [0.25, 0.3) is 5.91 Å². The fourth-order valence-corrected chi connectivity index (χ4v) is 6.22. The third-order valence-corrected chi connectivity index (χ3v) is 8.01. The zero-order chi connectivity index (χ0) is 25.0. The number of carbonyl (C=O) groups excluding carboxylic acids is 1. The number of thiophene rings is 1. The lowest BCUT2D eigenvalue weighted by atomic mass is 9.97. The molecule has 2 saturated heterocycles. The number of hydrogen-bond donors (Lipinski definition) is 3. The van der Waals surface area contributed by atoms with Crippen LogP contribution in [0.1, 0.15) is 26.5 Å². The monoisotopic (exact) mass is 508 g/mol. The minimum absolute atomic E-state index is 0.00699. The van der Waals surface area contributed by atoms with Crippen molar-refractivity contribution in [2.75, 3.05) is 43.4 Å². The molecule has 5 heterocycles. The molecule has 2 unspecified atom stereocenters. The Balaban J connectivity index is 1.24. The summed E-state index contributed by atoms with van der Waals surface area (Å²) in [6.07, 6.45) is 0.190. The molecule has 9 nitrogen and oxygen atoms in total. The van der Waals surface area contributed by atoms with Gasteiger partial charge in [0.05, 0.1) is 29.6 Å². The zero-order valence-corrected chi connectivity index (χ0v) is 20.5. The molecule has 3 aliphatic rings. The van der Waals surface area contributed by atoms with Gasteiger partial charge in [-0.1, -0.05) is 0 Å². The highest BCUT2D eigenvalue weighted by molar-refractivity contribution is 7.21. The van der Waals surface area contributed by atoms with E-state index in [2.05, 4.69) is 15.6 Å². The van der Waals surface area contributed by atoms with E-state index in [4.69, 9.17) is 15.2 Å². The molecular weight excluding hydrogens is 483 g/mol. The van der Waals surface area contributed by atoms with Gasteiger partial charge >= 0.3 is 0 Å². The number of hydrogen-bond acceptors (Lipinski definition) is 9. The van der Waals surface area contributed by atoms with Crippen LogP contribution in [-0.2, 0) is 11.2 Å². The second-order valence-corrected chi connectivity index (χ2v) is 10.5. The van der Waals surface area contributed by atoms with Crippen LogP contribution in [0.4, 0.5) is 15.8 Å². The van der Waals surface area contributed by atoms with Gasteiger partial charge in [-0.05, 0) is 19.1 Å². The number of benzene rings is 1. The van der Waals surface area contributed by atoms with Crippen LogP contribution < -0.4 is 26.0 Å². The van der Waals surface area contributed by atoms with Crippen molar-refractivity contribution in [2.45, 2.75) is 31.6 Å². The summed E-state index contributed by atoms with van der Waals surface area (Å²) in [4.78, 5) is 20.6. The van der Waals surface area contributed by atoms with Crippen LogP contribution in [-0.4, -0.2) is 61.9 Å². The van der Waals surface area contributed by atoms with Crippen molar-refractivity contribution in [1.82, 2.24) is 15.6 Å². The van der Waals surface area contributed by atoms with Gasteiger partial charge in [0.15, 0.2) is 0 Å². The Morgan fingerprint density at radius 3 is 2.89 bits per heavy atom. The second kappa shape index (κ2) is 8.89. The van der Waals surface area contributed by atoms with E-state index in [1.807, 2.05) is 30.0 Å². The Morgan fingerprint density at radius 2 is 2.14 bits per heavy atom. The highest BCUT2D eigenvalue weighted by Crippen LogP contribution is 2.38. The number of nitrogens with one attached hydrogen (secondary N) is 2. The van der Waals surface area contributed by atoms with Crippen LogP contribution in [0.3, 0.4) is 0 Å². The molecule has 186 valence electrons. The van der Waals surface area contributed by atoms with E-state index in [0.29, 0.717) is 45.5 Å². The maximum Gasteiger partial charge on any atom is 0.263 e. The SMILES string of the molecule is Cc1ccc2c(N)c(C(=O)N[C@H]3COc4cc(N5CC6CNCC(C5)O6)c(C#N)c(F)c4C3)sc2n1. The number of nitrogen functional groups attached to an aromatic ring is 1. The first-order valence-corrected chi connectivity index (χ1v) is 12.7. The van der Waals surface area contributed by atoms with Crippen LogP contribution >= 0.6 is 11.3 Å². The molecule has 2 fully saturated rings. The normalized spacial score (nSPS) is 23.0. The molecule has 4 N–H and O–H groups in total. The Kier molecular flexibility index (Phi) is 5.67. The highest BCUT2D eigenvalue weighted by atomic mass is 32.1. The number of aryl methyl sites for hydroxylation is 1. The Labute approximate surface area is 211 Å². The van der Waals surface area contributed by atoms with Crippen LogP contribution in [0.25, 0.3) is 10.2 Å². The minimum atomic E-state index is -0.597. The van der Waals surface area contributed by atoms with Crippen LogP contribution in [0, 0.1) is 24.1 Å². The average molecular weight is 509 g/mol. The van der Waals surface area contributed by atoms with E-state index < -0.39 is 11.9 Å². The van der Waals surface area contributed by atoms with Gasteiger partial charge in [0.2, 0.25) is 0 Å². The number of amides is 1. The van der Waals surface area contributed by atoms with Crippen molar-refractivity contribution >= 4 is 38.8 Å². The number of aromatic nitrogens is 1. The van der Waals surface area contributed by atoms with Crippen molar-refractivity contribution in [3.05, 3.63) is 45.7 Å². The van der Waals surface area contributed by atoms with Crippen LogP contribution in [0.2, 0.25) is 0 Å². The predicted octanol–water partition coefficient (Wildman–Crippen LogP) is 2.11. The molecule has 3 atom stereocenters. The van der Waals surface area contributed by atoms with Gasteiger partial charge in [-0.2, -0.15) is 5.26 Å². The van der Waals surface area contributed by atoms with Crippen molar-refractivity contribution in [3.8, 4) is 11.8 Å². The molecule has 0 spiro atoms. The van der Waals surface area contributed by atoms with Crippen molar-refractivity contribution in [2.24, 2.45) is 0 Å². The number of anilines is 2. The maximum atomic E-state index is 15.6. The summed E-state index contributed by atoms with van der Waals surface area (Å²) in [5.41, 5.74) is 8.25. The van der Waals surface area contributed by atoms with Crippen molar-refractivity contribution in [1.29, 1.82) is 5.26 Å². The molecule has 1 amide bonds. The van der Waals surface area contributed by atoms with Crippen molar-refractivity contribution in [3.63, 3.8) is 0 Å². The van der Waals surface area contributed by atoms with Crippen LogP contribution in [0.5, 0.6) is 5.75 Å². The molecule has 0 radical (unpaired) electrons. The molecule has 36 heavy (non-hydrogen) atoms. The lowest BCUT2D eigenvalue weighted by Crippen LogP contribution is -2.58. The molecule has 1 aromatic carbocycles. The number of morpholine rings is 2. The zero-order valence-electron chi connectivity index (χ0n) is 19.6. The Bertz CT molecular complexity index is 1410. The van der Waals surface area contributed by atoms with E-state index in [-0.39, 0.29) is 36.7 Å². The maximum absolute atomic E-state index is 15.6. The molecule has 0 saturated carbocycles. The summed E-state index contributed by atoms with van der Waals surface area (Å²) < 4.78 is 27.5. The topological polar surface area (TPSA) is 126 Å². The molecule has 0 aliphatic carbocycles. The smallest absolute Gasteiger partial charge is 0.263 e. The number of nitriles is 1. The minimum Gasteiger partial charge on any atom is -0.491 e. The predicted molar refractivity (Wildman–Crippen MR) is 134 cm³/mol. The molecular formula is C25H25FN6O3S. The largest absolute Gasteiger partial charge is 0.491 e. The lowest BCUT2D eigenvalue weighted by Gasteiger charge is -2.43. The summed E-state index contributed by atoms with van der Waals surface area (Å²) in [6, 6.07) is 7.04. The fourth-order valence-electron chi connectivity index (χ4n) is 5.18. The molecule has 6 rings (SSSR count). The van der Waals surface area contributed by atoms with Gasteiger partial charge < -0.3 is 30.7 Å². The third-order valence-electron chi connectivity index (χ3n) is 6.90. The first-order chi connectivity index (χ1) is 17.4. The lowest BCUT2D eigenvalue weighted by molar-refractivity contribution is -0.0484. The van der Waals surface area contributed by atoms with E-state index in [1.165, 1.54) is 11.3 Å². The van der Waals surface area contributed by atoms with Gasteiger partial charge in [-0.25, -0.2) is 9.37 Å². The molecule has 2 bridgehead atoms. The molecule has 3 aromatic rings. The summed E-state index contributed by atoms with van der Waals surface area (Å²) >= 11 is 1.23. The standard InChI is InChI=1S/C25H25FN6O3S/c1-12-2-3-16-22(28)23(36-25(16)30-12)24(33)31-13-4-17-20(34-11-13)5-19(18(6-27)21(17)26)32-9-14-7-29-8-15(10-32)35-14/h2-3,5,13-15,29H,4,7-11,28H2,1H3,(H,31,33)/t13-,14?,15?/m1/s1. The number of pyridine rings is 1. The Hall–Kier alpha value is -3.46. The van der Waals surface area contributed by atoms with Crippen LogP contribution in [0.15, 0.2) is 18.2 Å². The summed E-state index contributed by atoms with van der Waals surface area (Å²) in [7, 11) is 0. The number of halogens is 1. The number of rotatable bonds is 3. The number of ether oxygens (including phenoxy) is 2. The average Bonchev–Trinajstić information content (AvgIpc) is 3.19. The quantitative estimate of drug-likeness (QED) is 0.491. The molecule has 11 heteroatoms. The van der Waals surface area contributed by atoms with E-state index in [1.54, 1.807) is 6.07 Å². The highest BCUT2D eigenvalue weighted by Gasteiger charge is 2.35. The summed E-state index contributed by atoms with van der Waals surface area (Å²) in [5, 5.41) is 16.8. The van der Waals surface area contributed by atoms with Crippen molar-refractivity contribution < 1.29 is 18.7 Å². The van der Waals surface area contributed by atoms with E-state index >= 15 is 4.39 Å². The van der Waals surface area contributed by atoms with Gasteiger partial charge in [0.1, 0.15) is 39.5 Å². The summed E-state index contributed by atoms with van der Waals surface area (Å²) in [6.45, 7) is 4.65. The van der Waals surface area contributed by atoms with Gasteiger partial charge in [0, 0.05) is 55.3 Å². The van der Waals surface area contributed by atoms with Gasteiger partial charge in [-0.15, -0.1) is 11.3 Å². The summed E-state index contributed by atoms with van der Waals surface area (Å²) in [5.74, 6) is -0.543. The number of nitrogens with zero attached hydrogens (tertiary/aromatic N) is 3. The number of nitrogens with two attached hydrogens (primary N) is 1. The van der Waals surface area contributed by atoms with E-state index in [0.717, 1.165) is 24.2 Å². The third kappa shape index (κ3) is 3.91. The second-order valence-electron chi connectivity index (χ2n) is 9.45. The first-order valence-electron chi connectivity index (χ1n) is 11.9. The van der Waals surface area contributed by atoms with Gasteiger partial charge in [-0.3, -0.25) is 4.79 Å². The Morgan fingerprint density at radius 1 is 1.36 bits per heavy atom. The van der Waals surface area contributed by atoms with E-state index in [9.17, 15) is 10.1 Å². The first kappa shape index (κ1) is 23.0. The molecule has 2 aromatic heterocycles. The molecule has 3 aliphatic heterocycles. The number of carbonyl (C=O) groups is 1. The fraction of sp³-hybridized carbons (Fsp3) is 0.400. The number of fused-ring (bicyclic) bond motifs is 4.